The monoisotopic (exact) mass is 340 g/mol. The van der Waals surface area contributed by atoms with Crippen molar-refractivity contribution in [1.29, 1.82) is 0 Å². The van der Waals surface area contributed by atoms with Crippen molar-refractivity contribution in [2.45, 2.75) is 13.5 Å². The minimum atomic E-state index is -0.0784. The van der Waals surface area contributed by atoms with Gasteiger partial charge in [-0.15, -0.1) is 15.3 Å². The van der Waals surface area contributed by atoms with Gasteiger partial charge in [0.1, 0.15) is 11.6 Å². The van der Waals surface area contributed by atoms with E-state index in [1.807, 2.05) is 43.3 Å². The quantitative estimate of drug-likeness (QED) is 0.732. The Balaban J connectivity index is 1.63. The predicted octanol–water partition coefficient (Wildman–Crippen LogP) is 1.51. The molecule has 1 amide bonds. The molecule has 1 N–H and O–H groups in total. The molecule has 0 radical (unpaired) electrons. The van der Waals surface area contributed by atoms with Crippen LogP contribution in [0.1, 0.15) is 11.4 Å². The summed E-state index contributed by atoms with van der Waals surface area (Å²) in [5.41, 5.74) is 1.74. The maximum atomic E-state index is 11.6. The van der Waals surface area contributed by atoms with Crippen molar-refractivity contribution in [3.63, 3.8) is 0 Å². The van der Waals surface area contributed by atoms with Crippen LogP contribution in [0.3, 0.4) is 0 Å². The van der Waals surface area contributed by atoms with Gasteiger partial charge in [0, 0.05) is 20.6 Å². The third-order valence-corrected chi connectivity index (χ3v) is 3.65. The molecule has 3 rings (SSSR count). The zero-order valence-corrected chi connectivity index (χ0v) is 14.4. The van der Waals surface area contributed by atoms with Gasteiger partial charge < -0.3 is 15.0 Å². The summed E-state index contributed by atoms with van der Waals surface area (Å²) in [5.74, 6) is 2.04. The van der Waals surface area contributed by atoms with E-state index >= 15 is 0 Å². The Morgan fingerprint density at radius 1 is 1.24 bits per heavy atom. The molecule has 8 nitrogen and oxygen atoms in total. The van der Waals surface area contributed by atoms with Crippen molar-refractivity contribution in [3.8, 4) is 5.75 Å². The molecule has 0 aliphatic carbocycles. The maximum Gasteiger partial charge on any atom is 0.259 e. The van der Waals surface area contributed by atoms with Gasteiger partial charge in [0.25, 0.3) is 5.91 Å². The standard InChI is InChI=1S/C17H20N6O2/c1-12-19-20-16-8-7-15(21-23(12)16)18-10-13-5-4-6-14(9-13)25-11-17(24)22(2)3/h4-9H,10-11H2,1-3H3,(H,18,21). The van der Waals surface area contributed by atoms with Gasteiger partial charge in [-0.1, -0.05) is 12.1 Å². The third-order valence-electron chi connectivity index (χ3n) is 3.65. The number of carbonyl (C=O) groups excluding carboxylic acids is 1. The van der Waals surface area contributed by atoms with Crippen molar-refractivity contribution in [2.75, 3.05) is 26.0 Å². The van der Waals surface area contributed by atoms with E-state index in [9.17, 15) is 4.79 Å². The summed E-state index contributed by atoms with van der Waals surface area (Å²) < 4.78 is 7.22. The second-order valence-electron chi connectivity index (χ2n) is 5.81. The summed E-state index contributed by atoms with van der Waals surface area (Å²) in [4.78, 5) is 13.1. The summed E-state index contributed by atoms with van der Waals surface area (Å²) in [7, 11) is 3.40. The summed E-state index contributed by atoms with van der Waals surface area (Å²) >= 11 is 0. The molecule has 0 spiro atoms. The highest BCUT2D eigenvalue weighted by Gasteiger charge is 2.06. The number of hydrogen-bond donors (Lipinski definition) is 1. The number of likely N-dealkylation sites (N-methyl/N-ethyl adjacent to an activating group) is 1. The molecule has 2 heterocycles. The van der Waals surface area contributed by atoms with Gasteiger partial charge in [-0.25, -0.2) is 0 Å². The molecule has 0 unspecified atom stereocenters. The molecule has 0 saturated heterocycles. The van der Waals surface area contributed by atoms with Crippen LogP contribution in [0.25, 0.3) is 5.65 Å². The number of anilines is 1. The Bertz CT molecular complexity index is 890. The van der Waals surface area contributed by atoms with Gasteiger partial charge in [0.05, 0.1) is 0 Å². The molecule has 0 fully saturated rings. The second-order valence-corrected chi connectivity index (χ2v) is 5.81. The number of ether oxygens (including phenoxy) is 1. The number of nitrogens with zero attached hydrogens (tertiary/aromatic N) is 5. The van der Waals surface area contributed by atoms with Crippen LogP contribution in [0.15, 0.2) is 36.4 Å². The number of aromatic nitrogens is 4. The van der Waals surface area contributed by atoms with Gasteiger partial charge in [0.2, 0.25) is 0 Å². The molecule has 0 saturated carbocycles. The first-order chi connectivity index (χ1) is 12.0. The largest absolute Gasteiger partial charge is 0.484 e. The fourth-order valence-corrected chi connectivity index (χ4v) is 2.20. The van der Waals surface area contributed by atoms with E-state index in [1.165, 1.54) is 4.90 Å². The Kier molecular flexibility index (Phi) is 4.78. The lowest BCUT2D eigenvalue weighted by Gasteiger charge is -2.12. The zero-order chi connectivity index (χ0) is 17.8. The normalized spacial score (nSPS) is 10.7. The summed E-state index contributed by atoms with van der Waals surface area (Å²) in [5, 5.41) is 15.7. The number of hydrogen-bond acceptors (Lipinski definition) is 6. The van der Waals surface area contributed by atoms with Crippen LogP contribution < -0.4 is 10.1 Å². The van der Waals surface area contributed by atoms with Crippen LogP contribution >= 0.6 is 0 Å². The first-order valence-corrected chi connectivity index (χ1v) is 7.88. The molecular formula is C17H20N6O2. The van der Waals surface area contributed by atoms with Gasteiger partial charge in [-0.2, -0.15) is 4.52 Å². The topological polar surface area (TPSA) is 84.7 Å². The molecule has 3 aromatic rings. The van der Waals surface area contributed by atoms with Crippen molar-refractivity contribution in [3.05, 3.63) is 47.8 Å². The van der Waals surface area contributed by atoms with Crippen molar-refractivity contribution < 1.29 is 9.53 Å². The smallest absolute Gasteiger partial charge is 0.259 e. The number of rotatable bonds is 6. The van der Waals surface area contributed by atoms with E-state index < -0.39 is 0 Å². The van der Waals surface area contributed by atoms with E-state index in [2.05, 4.69) is 20.6 Å². The number of nitrogens with one attached hydrogen (secondary N) is 1. The van der Waals surface area contributed by atoms with Gasteiger partial charge in [-0.3, -0.25) is 4.79 Å². The Morgan fingerprint density at radius 2 is 2.08 bits per heavy atom. The summed E-state index contributed by atoms with van der Waals surface area (Å²) in [6.45, 7) is 2.46. The summed E-state index contributed by atoms with van der Waals surface area (Å²) in [6, 6.07) is 11.3. The Morgan fingerprint density at radius 3 is 2.88 bits per heavy atom. The van der Waals surface area contributed by atoms with Crippen LogP contribution in [0, 0.1) is 6.92 Å². The third kappa shape index (κ3) is 4.03. The molecule has 0 atom stereocenters. The van der Waals surface area contributed by atoms with Crippen LogP contribution in [0.5, 0.6) is 5.75 Å². The van der Waals surface area contributed by atoms with E-state index in [0.717, 1.165) is 17.2 Å². The fraction of sp³-hybridized carbons (Fsp3) is 0.294. The maximum absolute atomic E-state index is 11.6. The van der Waals surface area contributed by atoms with Gasteiger partial charge in [-0.05, 0) is 36.8 Å². The first kappa shape index (κ1) is 16.7. The number of carbonyl (C=O) groups is 1. The van der Waals surface area contributed by atoms with Crippen LogP contribution in [-0.2, 0) is 11.3 Å². The van der Waals surface area contributed by atoms with Crippen molar-refractivity contribution in [1.82, 2.24) is 24.7 Å². The first-order valence-electron chi connectivity index (χ1n) is 7.88. The molecule has 0 bridgehead atoms. The predicted molar refractivity (Wildman–Crippen MR) is 93.5 cm³/mol. The molecule has 0 aliphatic rings. The lowest BCUT2D eigenvalue weighted by atomic mass is 10.2. The molecule has 1 aromatic carbocycles. The molecular weight excluding hydrogens is 320 g/mol. The molecule has 0 aliphatic heterocycles. The number of fused-ring (bicyclic) bond motifs is 1. The van der Waals surface area contributed by atoms with Crippen LogP contribution in [-0.4, -0.2) is 51.3 Å². The number of aryl methyl sites for hydroxylation is 1. The highest BCUT2D eigenvalue weighted by atomic mass is 16.5. The van der Waals surface area contributed by atoms with E-state index in [0.29, 0.717) is 17.9 Å². The Labute approximate surface area is 145 Å². The van der Waals surface area contributed by atoms with E-state index in [1.54, 1.807) is 18.6 Å². The molecule has 2 aromatic heterocycles. The van der Waals surface area contributed by atoms with E-state index in [4.69, 9.17) is 4.74 Å². The van der Waals surface area contributed by atoms with Crippen molar-refractivity contribution >= 4 is 17.4 Å². The minimum absolute atomic E-state index is 0.0228. The lowest BCUT2D eigenvalue weighted by molar-refractivity contribution is -0.130. The van der Waals surface area contributed by atoms with Crippen LogP contribution in [0.2, 0.25) is 0 Å². The van der Waals surface area contributed by atoms with E-state index in [-0.39, 0.29) is 12.5 Å². The van der Waals surface area contributed by atoms with Gasteiger partial charge >= 0.3 is 0 Å². The highest BCUT2D eigenvalue weighted by Crippen LogP contribution is 2.15. The van der Waals surface area contributed by atoms with Crippen LogP contribution in [0.4, 0.5) is 5.82 Å². The zero-order valence-electron chi connectivity index (χ0n) is 14.4. The summed E-state index contributed by atoms with van der Waals surface area (Å²) in [6.07, 6.45) is 0. The molecule has 8 heteroatoms. The number of amides is 1. The van der Waals surface area contributed by atoms with Gasteiger partial charge in [0.15, 0.2) is 18.1 Å². The van der Waals surface area contributed by atoms with Crippen molar-refractivity contribution in [2.24, 2.45) is 0 Å². The minimum Gasteiger partial charge on any atom is -0.484 e. The lowest BCUT2D eigenvalue weighted by Crippen LogP contribution is -2.27. The average Bonchev–Trinajstić information content (AvgIpc) is 2.99. The Hall–Kier alpha value is -3.16. The molecule has 130 valence electrons. The average molecular weight is 340 g/mol. The number of benzene rings is 1. The fourth-order valence-electron chi connectivity index (χ4n) is 2.20. The molecule has 25 heavy (non-hydrogen) atoms. The second kappa shape index (κ2) is 7.16. The SMILES string of the molecule is Cc1nnc2ccc(NCc3cccc(OCC(=O)N(C)C)c3)nn12. The highest BCUT2D eigenvalue weighted by molar-refractivity contribution is 5.77.